The maximum Gasteiger partial charge on any atom is 0.154 e. The standard InChI is InChI=1S/C54H39N5S/c55-53(39-17-6-2-7-18-39)56-54(40-26-24-37(25-27-40)36-14-4-1-5-15-36)57-59-47-32-29-38-16-10-11-21-44(38)52(47)45-31-28-41(34-48(45)59)42-30-33-51-49(35-42)58(43-19-8-3-9-20-43)46-22-12-13-23-50(46)60-51/h1-19,21-35,43H,20H2,(H2,55,56,57). The van der Waals surface area contributed by atoms with Crippen molar-refractivity contribution in [2.75, 3.05) is 10.3 Å². The molecule has 0 saturated heterocycles. The van der Waals surface area contributed by atoms with Crippen molar-refractivity contribution in [3.8, 4) is 22.3 Å². The van der Waals surface area contributed by atoms with Crippen LogP contribution in [0, 0.1) is 5.41 Å². The molecule has 0 saturated carbocycles. The molecular formula is C54H39N5S. The molecule has 1 unspecified atom stereocenters. The van der Waals surface area contributed by atoms with E-state index in [2.05, 4.69) is 185 Å². The molecule has 2 heterocycles. The van der Waals surface area contributed by atoms with E-state index < -0.39 is 0 Å². The third-order valence-corrected chi connectivity index (χ3v) is 12.7. The number of anilines is 2. The lowest BCUT2D eigenvalue weighted by molar-refractivity contribution is 0.770. The Labute approximate surface area is 353 Å². The predicted molar refractivity (Wildman–Crippen MR) is 253 cm³/mol. The van der Waals surface area contributed by atoms with Crippen LogP contribution in [-0.4, -0.2) is 22.4 Å². The SMILES string of the molecule is N=C(/N=C(\Nn1c2cc(-c3ccc4c(c3)N(C3C=CC=CC3)c3ccccc3S4)ccc2c2c3ccccc3ccc21)c1ccc(-c2ccccc2)cc1)c1ccccc1. The first-order valence-electron chi connectivity index (χ1n) is 20.3. The number of aliphatic imine (C=N–C) groups is 1. The molecule has 2 N–H and O–H groups in total. The fourth-order valence-electron chi connectivity index (χ4n) is 8.65. The van der Waals surface area contributed by atoms with Crippen LogP contribution in [-0.2, 0) is 0 Å². The quantitative estimate of drug-likeness (QED) is 0.130. The molecule has 286 valence electrons. The first kappa shape index (κ1) is 35.7. The second-order valence-electron chi connectivity index (χ2n) is 15.2. The van der Waals surface area contributed by atoms with Crippen LogP contribution in [0.1, 0.15) is 17.5 Å². The minimum atomic E-state index is 0.179. The average molecular weight is 790 g/mol. The number of rotatable bonds is 6. The number of aromatic nitrogens is 1. The minimum Gasteiger partial charge on any atom is -0.332 e. The number of fused-ring (bicyclic) bond motifs is 7. The van der Waals surface area contributed by atoms with E-state index in [0.29, 0.717) is 5.84 Å². The van der Waals surface area contributed by atoms with Gasteiger partial charge in [-0.2, -0.15) is 0 Å². The molecule has 1 aromatic heterocycles. The molecule has 0 radical (unpaired) electrons. The zero-order chi connectivity index (χ0) is 40.0. The van der Waals surface area contributed by atoms with Crippen molar-refractivity contribution in [2.24, 2.45) is 4.99 Å². The van der Waals surface area contributed by atoms with Crippen LogP contribution >= 0.6 is 11.8 Å². The van der Waals surface area contributed by atoms with Gasteiger partial charge in [-0.05, 0) is 75.8 Å². The zero-order valence-corrected chi connectivity index (χ0v) is 33.5. The van der Waals surface area contributed by atoms with Crippen LogP contribution in [0.25, 0.3) is 54.8 Å². The molecule has 0 bridgehead atoms. The molecule has 1 atom stereocenters. The van der Waals surface area contributed by atoms with Gasteiger partial charge < -0.3 is 4.90 Å². The molecule has 1 aliphatic heterocycles. The Bertz CT molecular complexity index is 3200. The second-order valence-corrected chi connectivity index (χ2v) is 16.3. The number of hydrogen-bond donors (Lipinski definition) is 2. The predicted octanol–water partition coefficient (Wildman–Crippen LogP) is 13.8. The Morgan fingerprint density at radius 2 is 1.27 bits per heavy atom. The Kier molecular flexibility index (Phi) is 8.98. The molecule has 9 aromatic rings. The Morgan fingerprint density at radius 1 is 0.567 bits per heavy atom. The molecule has 2 aliphatic rings. The maximum absolute atomic E-state index is 9.16. The van der Waals surface area contributed by atoms with Gasteiger partial charge in [-0.15, -0.1) is 0 Å². The van der Waals surface area contributed by atoms with Gasteiger partial charge in [-0.3, -0.25) is 15.5 Å². The highest BCUT2D eigenvalue weighted by atomic mass is 32.2. The average Bonchev–Trinajstić information content (AvgIpc) is 3.64. The molecule has 11 rings (SSSR count). The van der Waals surface area contributed by atoms with Crippen molar-refractivity contribution >= 4 is 67.4 Å². The van der Waals surface area contributed by atoms with Crippen molar-refractivity contribution in [3.05, 3.63) is 217 Å². The molecule has 0 fully saturated rings. The number of benzene rings is 8. The highest BCUT2D eigenvalue weighted by Crippen LogP contribution is 2.51. The molecule has 8 aromatic carbocycles. The topological polar surface area (TPSA) is 56.4 Å². The van der Waals surface area contributed by atoms with E-state index in [1.54, 1.807) is 0 Å². The third-order valence-electron chi connectivity index (χ3n) is 11.6. The summed E-state index contributed by atoms with van der Waals surface area (Å²) in [6.07, 6.45) is 9.84. The summed E-state index contributed by atoms with van der Waals surface area (Å²) in [4.78, 5) is 10.1. The van der Waals surface area contributed by atoms with Gasteiger partial charge in [0.1, 0.15) is 0 Å². The molecular weight excluding hydrogens is 751 g/mol. The Morgan fingerprint density at radius 3 is 2.10 bits per heavy atom. The maximum atomic E-state index is 9.16. The van der Waals surface area contributed by atoms with E-state index in [1.807, 2.05) is 48.2 Å². The van der Waals surface area contributed by atoms with E-state index in [-0.39, 0.29) is 11.9 Å². The van der Waals surface area contributed by atoms with E-state index in [9.17, 15) is 0 Å². The van der Waals surface area contributed by atoms with Gasteiger partial charge in [0, 0.05) is 31.7 Å². The van der Waals surface area contributed by atoms with Crippen molar-refractivity contribution in [3.63, 3.8) is 0 Å². The van der Waals surface area contributed by atoms with Crippen LogP contribution in [0.4, 0.5) is 11.4 Å². The summed E-state index contributed by atoms with van der Waals surface area (Å²) < 4.78 is 2.17. The normalized spacial score (nSPS) is 14.7. The van der Waals surface area contributed by atoms with Gasteiger partial charge in [0.2, 0.25) is 0 Å². The smallest absolute Gasteiger partial charge is 0.154 e. The molecule has 0 spiro atoms. The summed E-state index contributed by atoms with van der Waals surface area (Å²) in [5.74, 6) is 0.758. The first-order chi connectivity index (χ1) is 29.7. The molecule has 6 heteroatoms. The van der Waals surface area contributed by atoms with Crippen LogP contribution in [0.2, 0.25) is 0 Å². The van der Waals surface area contributed by atoms with Crippen molar-refractivity contribution in [1.82, 2.24) is 4.68 Å². The zero-order valence-electron chi connectivity index (χ0n) is 32.7. The van der Waals surface area contributed by atoms with Gasteiger partial charge in [0.25, 0.3) is 0 Å². The lowest BCUT2D eigenvalue weighted by Crippen LogP contribution is -2.31. The third kappa shape index (κ3) is 6.38. The van der Waals surface area contributed by atoms with Gasteiger partial charge in [0.15, 0.2) is 11.7 Å². The molecule has 5 nitrogen and oxygen atoms in total. The molecule has 60 heavy (non-hydrogen) atoms. The van der Waals surface area contributed by atoms with Crippen molar-refractivity contribution in [1.29, 1.82) is 5.41 Å². The van der Waals surface area contributed by atoms with E-state index in [4.69, 9.17) is 10.4 Å². The molecule has 1 aliphatic carbocycles. The summed E-state index contributed by atoms with van der Waals surface area (Å²) in [6, 6.07) is 64.2. The highest BCUT2D eigenvalue weighted by Gasteiger charge is 2.28. The first-order valence-corrected chi connectivity index (χ1v) is 21.1. The summed E-state index contributed by atoms with van der Waals surface area (Å²) >= 11 is 1.84. The summed E-state index contributed by atoms with van der Waals surface area (Å²) in [5.41, 5.74) is 14.4. The van der Waals surface area contributed by atoms with Crippen molar-refractivity contribution in [2.45, 2.75) is 22.3 Å². The number of nitrogens with zero attached hydrogens (tertiary/aromatic N) is 3. The number of hydrogen-bond acceptors (Lipinski definition) is 3. The van der Waals surface area contributed by atoms with Crippen LogP contribution < -0.4 is 10.3 Å². The van der Waals surface area contributed by atoms with Gasteiger partial charge >= 0.3 is 0 Å². The largest absolute Gasteiger partial charge is 0.332 e. The number of nitrogens with one attached hydrogen (secondary N) is 2. The van der Waals surface area contributed by atoms with Crippen molar-refractivity contribution < 1.29 is 0 Å². The second kappa shape index (κ2) is 15.1. The molecule has 0 amide bonds. The Balaban J connectivity index is 1.07. The lowest BCUT2D eigenvalue weighted by atomic mass is 9.99. The number of amidine groups is 2. The van der Waals surface area contributed by atoms with E-state index in [1.165, 1.54) is 37.3 Å². The lowest BCUT2D eigenvalue weighted by Gasteiger charge is -2.38. The Hall–Kier alpha value is -7.41. The van der Waals surface area contributed by atoms with Crippen LogP contribution in [0.3, 0.4) is 0 Å². The van der Waals surface area contributed by atoms with Gasteiger partial charge in [-0.25, -0.2) is 4.99 Å². The minimum absolute atomic E-state index is 0.179. The number of allylic oxidation sites excluding steroid dienone is 2. The van der Waals surface area contributed by atoms with Crippen LogP contribution in [0.15, 0.2) is 221 Å². The fourth-order valence-corrected chi connectivity index (χ4v) is 9.70. The fraction of sp³-hybridized carbons (Fsp3) is 0.0370. The summed E-state index contributed by atoms with van der Waals surface area (Å²) in [7, 11) is 0. The van der Waals surface area contributed by atoms with Gasteiger partial charge in [0.05, 0.1) is 28.5 Å². The van der Waals surface area contributed by atoms with E-state index in [0.717, 1.165) is 56.2 Å². The monoisotopic (exact) mass is 789 g/mol. The van der Waals surface area contributed by atoms with E-state index >= 15 is 0 Å². The van der Waals surface area contributed by atoms with Crippen LogP contribution in [0.5, 0.6) is 0 Å². The number of para-hydroxylation sites is 1. The summed E-state index contributed by atoms with van der Waals surface area (Å²) in [5, 5.41) is 13.8. The highest BCUT2D eigenvalue weighted by molar-refractivity contribution is 7.99. The summed E-state index contributed by atoms with van der Waals surface area (Å²) in [6.45, 7) is 0. The van der Waals surface area contributed by atoms with Gasteiger partial charge in [-0.1, -0.05) is 182 Å².